The third-order valence-electron chi connectivity index (χ3n) is 2.94. The Bertz CT molecular complexity index is 645. The van der Waals surface area contributed by atoms with Crippen molar-refractivity contribution in [2.24, 2.45) is 0 Å². The van der Waals surface area contributed by atoms with Gasteiger partial charge in [0, 0.05) is 19.8 Å². The van der Waals surface area contributed by atoms with Gasteiger partial charge in [0.05, 0.1) is 10.7 Å². The first-order chi connectivity index (χ1) is 10.6. The Labute approximate surface area is 134 Å². The van der Waals surface area contributed by atoms with Gasteiger partial charge in [0.2, 0.25) is 0 Å². The molecule has 0 saturated heterocycles. The van der Waals surface area contributed by atoms with Crippen LogP contribution in [0.3, 0.4) is 0 Å². The Morgan fingerprint density at radius 1 is 1.00 bits per heavy atom. The van der Waals surface area contributed by atoms with Crippen molar-refractivity contribution in [1.82, 2.24) is 0 Å². The second-order valence-corrected chi connectivity index (χ2v) is 6.58. The highest BCUT2D eigenvalue weighted by atomic mass is 35.5. The first-order valence-electron chi connectivity index (χ1n) is 6.54. The van der Waals surface area contributed by atoms with Gasteiger partial charge in [-0.25, -0.2) is 4.57 Å². The van der Waals surface area contributed by atoms with Gasteiger partial charge in [0.15, 0.2) is 6.23 Å². The van der Waals surface area contributed by atoms with Crippen LogP contribution in [-0.4, -0.2) is 14.2 Å². The van der Waals surface area contributed by atoms with Crippen LogP contribution in [0.15, 0.2) is 54.6 Å². The zero-order valence-electron chi connectivity index (χ0n) is 12.2. The van der Waals surface area contributed by atoms with Crippen molar-refractivity contribution in [3.8, 4) is 0 Å². The standard InChI is InChI=1S/C15H17ClNO4P/c1-19-22(18,20-2)21-15(12-8-4-3-5-9-12)17-14-11-7-6-10-13(14)16/h3-11,15,17H,1-2H3. The fourth-order valence-corrected chi connectivity index (χ4v) is 2.75. The van der Waals surface area contributed by atoms with Crippen LogP contribution in [0.1, 0.15) is 11.8 Å². The fraction of sp³-hybridized carbons (Fsp3) is 0.200. The largest absolute Gasteiger partial charge is 0.476 e. The van der Waals surface area contributed by atoms with Crippen LogP contribution in [0.25, 0.3) is 0 Å². The van der Waals surface area contributed by atoms with Crippen molar-refractivity contribution in [1.29, 1.82) is 0 Å². The van der Waals surface area contributed by atoms with Crippen molar-refractivity contribution in [2.75, 3.05) is 19.5 Å². The van der Waals surface area contributed by atoms with E-state index in [0.717, 1.165) is 5.56 Å². The monoisotopic (exact) mass is 341 g/mol. The highest BCUT2D eigenvalue weighted by molar-refractivity contribution is 7.48. The predicted molar refractivity (Wildman–Crippen MR) is 87.0 cm³/mol. The van der Waals surface area contributed by atoms with Gasteiger partial charge in [-0.15, -0.1) is 0 Å². The summed E-state index contributed by atoms with van der Waals surface area (Å²) in [6.07, 6.45) is -0.744. The highest BCUT2D eigenvalue weighted by Gasteiger charge is 2.29. The van der Waals surface area contributed by atoms with E-state index >= 15 is 0 Å². The van der Waals surface area contributed by atoms with Crippen molar-refractivity contribution >= 4 is 25.1 Å². The Morgan fingerprint density at radius 2 is 1.59 bits per heavy atom. The van der Waals surface area contributed by atoms with Crippen LogP contribution in [0.5, 0.6) is 0 Å². The van der Waals surface area contributed by atoms with Crippen molar-refractivity contribution in [2.45, 2.75) is 6.23 Å². The van der Waals surface area contributed by atoms with E-state index in [-0.39, 0.29) is 0 Å². The molecule has 0 spiro atoms. The van der Waals surface area contributed by atoms with Gasteiger partial charge < -0.3 is 5.32 Å². The summed E-state index contributed by atoms with van der Waals surface area (Å²) in [5, 5.41) is 3.63. The normalized spacial score (nSPS) is 12.9. The molecule has 7 heteroatoms. The third-order valence-corrected chi connectivity index (χ3v) is 4.64. The minimum absolute atomic E-state index is 0.525. The Hall–Kier alpha value is -1.36. The van der Waals surface area contributed by atoms with Crippen LogP contribution >= 0.6 is 19.4 Å². The molecule has 0 aliphatic carbocycles. The number of nitrogens with one attached hydrogen (secondary N) is 1. The molecule has 0 heterocycles. The minimum Gasteiger partial charge on any atom is -0.355 e. The topological polar surface area (TPSA) is 56.8 Å². The van der Waals surface area contributed by atoms with Crippen LogP contribution in [0, 0.1) is 0 Å². The summed E-state index contributed by atoms with van der Waals surface area (Å²) in [5.41, 5.74) is 1.41. The predicted octanol–water partition coefficient (Wildman–Crippen LogP) is 4.87. The first kappa shape index (κ1) is 17.0. The Balaban J connectivity index is 2.30. The molecular formula is C15H17ClNO4P. The zero-order chi connectivity index (χ0) is 16.0. The minimum atomic E-state index is -3.66. The van der Waals surface area contributed by atoms with Gasteiger partial charge in [0.25, 0.3) is 0 Å². The molecule has 1 unspecified atom stereocenters. The summed E-state index contributed by atoms with van der Waals surface area (Å²) in [5.74, 6) is 0. The molecule has 22 heavy (non-hydrogen) atoms. The average molecular weight is 342 g/mol. The maximum atomic E-state index is 12.3. The quantitative estimate of drug-likeness (QED) is 0.575. The van der Waals surface area contributed by atoms with E-state index in [2.05, 4.69) is 5.32 Å². The molecule has 118 valence electrons. The van der Waals surface area contributed by atoms with E-state index in [1.165, 1.54) is 14.2 Å². The summed E-state index contributed by atoms with van der Waals surface area (Å²) in [6.45, 7) is 0. The average Bonchev–Trinajstić information content (AvgIpc) is 2.57. The number of halogens is 1. The molecule has 0 aromatic heterocycles. The number of phosphoric ester groups is 1. The molecule has 0 radical (unpaired) electrons. The maximum absolute atomic E-state index is 12.3. The Morgan fingerprint density at radius 3 is 2.18 bits per heavy atom. The molecular weight excluding hydrogens is 325 g/mol. The molecule has 2 aromatic carbocycles. The zero-order valence-corrected chi connectivity index (χ0v) is 13.9. The molecule has 1 atom stereocenters. The number of phosphoric acid groups is 1. The van der Waals surface area contributed by atoms with E-state index in [1.807, 2.05) is 42.5 Å². The molecule has 0 fully saturated rings. The lowest BCUT2D eigenvalue weighted by Gasteiger charge is -2.24. The number of rotatable bonds is 7. The van der Waals surface area contributed by atoms with Gasteiger partial charge in [0.1, 0.15) is 0 Å². The lowest BCUT2D eigenvalue weighted by molar-refractivity contribution is 0.118. The van der Waals surface area contributed by atoms with E-state index < -0.39 is 14.1 Å². The van der Waals surface area contributed by atoms with Crippen molar-refractivity contribution in [3.63, 3.8) is 0 Å². The molecule has 2 rings (SSSR count). The lowest BCUT2D eigenvalue weighted by Crippen LogP contribution is -2.14. The number of hydrogen-bond donors (Lipinski definition) is 1. The Kier molecular flexibility index (Phi) is 6.00. The highest BCUT2D eigenvalue weighted by Crippen LogP contribution is 2.51. The second kappa shape index (κ2) is 7.77. The summed E-state index contributed by atoms with van der Waals surface area (Å²) in [4.78, 5) is 0. The smallest absolute Gasteiger partial charge is 0.355 e. The van der Waals surface area contributed by atoms with Crippen molar-refractivity contribution < 1.29 is 18.1 Å². The SMILES string of the molecule is COP(=O)(OC)OC(Nc1ccccc1Cl)c1ccccc1. The molecule has 0 saturated carbocycles. The van der Waals surface area contributed by atoms with Crippen LogP contribution in [-0.2, 0) is 18.1 Å². The number of anilines is 1. The molecule has 0 aliphatic rings. The second-order valence-electron chi connectivity index (χ2n) is 4.33. The van der Waals surface area contributed by atoms with Crippen molar-refractivity contribution in [3.05, 3.63) is 65.2 Å². The van der Waals surface area contributed by atoms with Gasteiger partial charge in [-0.2, -0.15) is 0 Å². The van der Waals surface area contributed by atoms with Crippen LogP contribution < -0.4 is 5.32 Å². The van der Waals surface area contributed by atoms with E-state index in [4.69, 9.17) is 25.2 Å². The summed E-state index contributed by atoms with van der Waals surface area (Å²) in [6, 6.07) is 16.5. The molecule has 0 bridgehead atoms. The summed E-state index contributed by atoms with van der Waals surface area (Å²) >= 11 is 6.15. The van der Waals surface area contributed by atoms with E-state index in [0.29, 0.717) is 10.7 Å². The van der Waals surface area contributed by atoms with Crippen LogP contribution in [0.2, 0.25) is 5.02 Å². The number of benzene rings is 2. The van der Waals surface area contributed by atoms with E-state index in [1.54, 1.807) is 12.1 Å². The molecule has 1 N–H and O–H groups in total. The third kappa shape index (κ3) is 4.32. The van der Waals surface area contributed by atoms with Gasteiger partial charge in [-0.1, -0.05) is 54.1 Å². The number of hydrogen-bond acceptors (Lipinski definition) is 5. The maximum Gasteiger partial charge on any atom is 0.476 e. The first-order valence-corrected chi connectivity index (χ1v) is 8.38. The molecule has 0 aliphatic heterocycles. The fourth-order valence-electron chi connectivity index (χ4n) is 1.81. The van der Waals surface area contributed by atoms with Gasteiger partial charge in [-0.05, 0) is 12.1 Å². The summed E-state index contributed by atoms with van der Waals surface area (Å²) in [7, 11) is -1.13. The number of para-hydroxylation sites is 1. The van der Waals surface area contributed by atoms with E-state index in [9.17, 15) is 4.57 Å². The van der Waals surface area contributed by atoms with Gasteiger partial charge in [-0.3, -0.25) is 13.6 Å². The summed E-state index contributed by atoms with van der Waals surface area (Å²) < 4.78 is 27.5. The van der Waals surface area contributed by atoms with Crippen LogP contribution in [0.4, 0.5) is 5.69 Å². The molecule has 5 nitrogen and oxygen atoms in total. The lowest BCUT2D eigenvalue weighted by atomic mass is 10.2. The molecule has 2 aromatic rings. The molecule has 0 amide bonds. The van der Waals surface area contributed by atoms with Gasteiger partial charge >= 0.3 is 7.82 Å².